The van der Waals surface area contributed by atoms with Crippen molar-refractivity contribution in [2.45, 2.75) is 26.3 Å². The van der Waals surface area contributed by atoms with E-state index in [1.165, 1.54) is 12.1 Å². The summed E-state index contributed by atoms with van der Waals surface area (Å²) in [6.07, 6.45) is 0.328. The number of benzene rings is 1. The Morgan fingerprint density at radius 2 is 1.83 bits per heavy atom. The molecule has 0 aliphatic heterocycles. The van der Waals surface area contributed by atoms with E-state index >= 15 is 0 Å². The molecule has 1 aromatic rings. The molecule has 0 heterocycles. The molecule has 0 aromatic heterocycles. The Morgan fingerprint density at radius 1 is 1.28 bits per heavy atom. The molecule has 18 heavy (non-hydrogen) atoms. The fraction of sp³-hybridized carbons (Fsp3) is 0.500. The van der Waals surface area contributed by atoms with Crippen molar-refractivity contribution < 1.29 is 17.4 Å². The lowest BCUT2D eigenvalue weighted by Crippen LogP contribution is -2.32. The molecular weight excluding hydrogens is 257 g/mol. The summed E-state index contributed by atoms with van der Waals surface area (Å²) < 4.78 is 42.8. The normalized spacial score (nSPS) is 11.8. The van der Waals surface area contributed by atoms with Crippen LogP contribution >= 0.6 is 0 Å². The van der Waals surface area contributed by atoms with Crippen molar-refractivity contribution in [1.82, 2.24) is 0 Å². The molecule has 0 aliphatic carbocycles. The first-order chi connectivity index (χ1) is 8.29. The van der Waals surface area contributed by atoms with E-state index < -0.39 is 10.1 Å². The predicted molar refractivity (Wildman–Crippen MR) is 69.9 cm³/mol. The molecule has 0 unspecified atom stereocenters. The number of anilines is 1. The minimum absolute atomic E-state index is 0.164. The molecule has 0 spiro atoms. The van der Waals surface area contributed by atoms with Crippen molar-refractivity contribution in [3.63, 3.8) is 0 Å². The van der Waals surface area contributed by atoms with Gasteiger partial charge >= 0.3 is 0 Å². The summed E-state index contributed by atoms with van der Waals surface area (Å²) in [6.45, 7) is 4.43. The smallest absolute Gasteiger partial charge is 0.264 e. The van der Waals surface area contributed by atoms with E-state index in [0.717, 1.165) is 5.69 Å². The maximum Gasteiger partial charge on any atom is 0.264 e. The molecule has 1 aromatic carbocycles. The topological polar surface area (TPSA) is 57.6 Å². The van der Waals surface area contributed by atoms with Crippen molar-refractivity contribution in [1.29, 1.82) is 0 Å². The standard InChI is InChI=1S/C12H18FNO3S/c1-10(2)14(8-3-9-18(15,16)17)12-6-4-11(13)5-7-12/h4-7,10H,3,8-9H2,1-2H3,(H,15,16,17). The Kier molecular flexibility index (Phi) is 5.10. The highest BCUT2D eigenvalue weighted by Gasteiger charge is 2.12. The van der Waals surface area contributed by atoms with Crippen LogP contribution in [0.3, 0.4) is 0 Å². The second-order valence-corrected chi connectivity index (χ2v) is 5.98. The van der Waals surface area contributed by atoms with Crippen LogP contribution in [0.5, 0.6) is 0 Å². The molecule has 0 bridgehead atoms. The molecule has 0 saturated carbocycles. The van der Waals surface area contributed by atoms with Gasteiger partial charge in [-0.15, -0.1) is 0 Å². The first kappa shape index (κ1) is 14.9. The van der Waals surface area contributed by atoms with Gasteiger partial charge in [-0.1, -0.05) is 0 Å². The first-order valence-electron chi connectivity index (χ1n) is 5.77. The maximum absolute atomic E-state index is 12.8. The molecule has 0 aliphatic rings. The zero-order chi connectivity index (χ0) is 13.8. The Bertz CT molecular complexity index is 471. The monoisotopic (exact) mass is 275 g/mol. The van der Waals surface area contributed by atoms with Gasteiger partial charge in [0, 0.05) is 18.3 Å². The average molecular weight is 275 g/mol. The SMILES string of the molecule is CC(C)N(CCCS(=O)(=O)O)c1ccc(F)cc1. The third kappa shape index (κ3) is 5.01. The van der Waals surface area contributed by atoms with Crippen molar-refractivity contribution in [2.75, 3.05) is 17.2 Å². The van der Waals surface area contributed by atoms with E-state index in [4.69, 9.17) is 4.55 Å². The van der Waals surface area contributed by atoms with Gasteiger partial charge in [0.2, 0.25) is 0 Å². The van der Waals surface area contributed by atoms with Gasteiger partial charge in [-0.05, 0) is 44.5 Å². The average Bonchev–Trinajstić information content (AvgIpc) is 2.24. The lowest BCUT2D eigenvalue weighted by Gasteiger charge is -2.28. The lowest BCUT2D eigenvalue weighted by atomic mass is 10.2. The number of hydrogen-bond donors (Lipinski definition) is 1. The highest BCUT2D eigenvalue weighted by Crippen LogP contribution is 2.18. The molecule has 6 heteroatoms. The molecule has 4 nitrogen and oxygen atoms in total. The van der Waals surface area contributed by atoms with Crippen molar-refractivity contribution in [3.05, 3.63) is 30.1 Å². The molecular formula is C12H18FNO3S. The van der Waals surface area contributed by atoms with Crippen LogP contribution in [0.25, 0.3) is 0 Å². The third-order valence-electron chi connectivity index (χ3n) is 2.58. The van der Waals surface area contributed by atoms with Gasteiger partial charge in [-0.2, -0.15) is 8.42 Å². The van der Waals surface area contributed by atoms with E-state index in [9.17, 15) is 12.8 Å². The van der Waals surface area contributed by atoms with Crippen LogP contribution in [0.4, 0.5) is 10.1 Å². The molecule has 0 amide bonds. The summed E-state index contributed by atoms with van der Waals surface area (Å²) in [4.78, 5) is 1.96. The van der Waals surface area contributed by atoms with Gasteiger partial charge in [0.1, 0.15) is 5.82 Å². The summed E-state index contributed by atoms with van der Waals surface area (Å²) in [7, 11) is -3.92. The van der Waals surface area contributed by atoms with Crippen LogP contribution in [0.15, 0.2) is 24.3 Å². The van der Waals surface area contributed by atoms with Crippen LogP contribution < -0.4 is 4.90 Å². The molecule has 0 saturated heterocycles. The molecule has 102 valence electrons. The van der Waals surface area contributed by atoms with E-state index in [-0.39, 0.29) is 17.6 Å². The number of nitrogens with zero attached hydrogens (tertiary/aromatic N) is 1. The quantitative estimate of drug-likeness (QED) is 0.809. The summed E-state index contributed by atoms with van der Waals surface area (Å²) in [5.74, 6) is -0.572. The van der Waals surface area contributed by atoms with Crippen LogP contribution in [0, 0.1) is 5.82 Å². The Labute approximate surface area is 107 Å². The van der Waals surface area contributed by atoms with Crippen LogP contribution in [0.1, 0.15) is 20.3 Å². The van der Waals surface area contributed by atoms with Gasteiger partial charge < -0.3 is 4.90 Å². The summed E-state index contributed by atoms with van der Waals surface area (Å²) >= 11 is 0. The highest BCUT2D eigenvalue weighted by atomic mass is 32.2. The minimum atomic E-state index is -3.92. The number of hydrogen-bond acceptors (Lipinski definition) is 3. The van der Waals surface area contributed by atoms with Gasteiger partial charge in [-0.3, -0.25) is 4.55 Å². The van der Waals surface area contributed by atoms with Gasteiger partial charge in [0.15, 0.2) is 0 Å². The largest absolute Gasteiger partial charge is 0.369 e. The molecule has 0 radical (unpaired) electrons. The zero-order valence-corrected chi connectivity index (χ0v) is 11.3. The van der Waals surface area contributed by atoms with E-state index in [1.54, 1.807) is 12.1 Å². The highest BCUT2D eigenvalue weighted by molar-refractivity contribution is 7.85. The zero-order valence-electron chi connectivity index (χ0n) is 10.5. The van der Waals surface area contributed by atoms with Crippen LogP contribution in [-0.2, 0) is 10.1 Å². The van der Waals surface area contributed by atoms with Crippen molar-refractivity contribution in [3.8, 4) is 0 Å². The predicted octanol–water partition coefficient (Wildman–Crippen LogP) is 2.32. The molecule has 0 atom stereocenters. The Morgan fingerprint density at radius 3 is 2.28 bits per heavy atom. The Hall–Kier alpha value is -1.14. The first-order valence-corrected chi connectivity index (χ1v) is 7.38. The molecule has 1 N–H and O–H groups in total. The summed E-state index contributed by atoms with van der Waals surface area (Å²) in [6, 6.07) is 6.21. The van der Waals surface area contributed by atoms with E-state index in [2.05, 4.69) is 0 Å². The fourth-order valence-electron chi connectivity index (χ4n) is 1.74. The third-order valence-corrected chi connectivity index (χ3v) is 3.39. The number of halogens is 1. The lowest BCUT2D eigenvalue weighted by molar-refractivity contribution is 0.480. The summed E-state index contributed by atoms with van der Waals surface area (Å²) in [5, 5.41) is 0. The fourth-order valence-corrected chi connectivity index (χ4v) is 2.23. The van der Waals surface area contributed by atoms with Gasteiger partial charge in [-0.25, -0.2) is 4.39 Å². The van der Waals surface area contributed by atoms with Gasteiger partial charge in [0.25, 0.3) is 10.1 Å². The second-order valence-electron chi connectivity index (χ2n) is 4.40. The summed E-state index contributed by atoms with van der Waals surface area (Å²) in [5.41, 5.74) is 0.835. The number of rotatable bonds is 6. The van der Waals surface area contributed by atoms with E-state index in [0.29, 0.717) is 13.0 Å². The van der Waals surface area contributed by atoms with Crippen LogP contribution in [-0.4, -0.2) is 31.3 Å². The minimum Gasteiger partial charge on any atom is -0.369 e. The second kappa shape index (κ2) is 6.15. The van der Waals surface area contributed by atoms with Crippen molar-refractivity contribution >= 4 is 15.8 Å². The van der Waals surface area contributed by atoms with Crippen molar-refractivity contribution in [2.24, 2.45) is 0 Å². The molecule has 1 rings (SSSR count). The molecule has 0 fully saturated rings. The van der Waals surface area contributed by atoms with Crippen LogP contribution in [0.2, 0.25) is 0 Å². The van der Waals surface area contributed by atoms with Gasteiger partial charge in [0.05, 0.1) is 5.75 Å². The maximum atomic E-state index is 12.8. The Balaban J connectivity index is 2.69. The van der Waals surface area contributed by atoms with E-state index in [1.807, 2.05) is 18.7 Å².